The van der Waals surface area contributed by atoms with Gasteiger partial charge in [-0.1, -0.05) is 42.5 Å². The lowest BCUT2D eigenvalue weighted by molar-refractivity contribution is 0.0923. The molecule has 0 spiro atoms. The fraction of sp³-hybridized carbons (Fsp3) is 0.192. The number of nitrogens with one attached hydrogen (secondary N) is 2. The summed E-state index contributed by atoms with van der Waals surface area (Å²) in [6.45, 7) is 3.75. The highest BCUT2D eigenvalue weighted by Gasteiger charge is 2.37. The molecule has 1 aliphatic heterocycles. The number of rotatable bonds is 8. The van der Waals surface area contributed by atoms with Gasteiger partial charge in [0, 0.05) is 18.7 Å². The molecule has 0 radical (unpaired) electrons. The van der Waals surface area contributed by atoms with Crippen LogP contribution in [-0.4, -0.2) is 38.4 Å². The van der Waals surface area contributed by atoms with Gasteiger partial charge in [0.1, 0.15) is 0 Å². The van der Waals surface area contributed by atoms with Crippen molar-refractivity contribution < 1.29 is 22.8 Å². The summed E-state index contributed by atoms with van der Waals surface area (Å²) in [6, 6.07) is 18.9. The zero-order chi connectivity index (χ0) is 25.2. The molecule has 0 fully saturated rings. The standard InChI is InChI=1S/C26H25N3O5S/c1-17-8-9-18(2)23(14-17)29-25(31)21-11-10-20(15-22(21)26(29)32)24(30)27-12-13-35(33,34)28-16-19-6-4-3-5-7-19/h3-11,14-15,28H,12-13,16H2,1-2H3,(H,27,30). The second-order valence-electron chi connectivity index (χ2n) is 8.38. The molecule has 1 aliphatic rings. The van der Waals surface area contributed by atoms with Crippen molar-refractivity contribution in [2.75, 3.05) is 17.2 Å². The van der Waals surface area contributed by atoms with Crippen molar-refractivity contribution in [2.45, 2.75) is 20.4 Å². The minimum absolute atomic E-state index is 0.110. The number of nitrogens with zero attached hydrogens (tertiary/aromatic N) is 1. The fourth-order valence-electron chi connectivity index (χ4n) is 3.82. The largest absolute Gasteiger partial charge is 0.351 e. The van der Waals surface area contributed by atoms with Crippen molar-refractivity contribution in [3.8, 4) is 0 Å². The first kappa shape index (κ1) is 24.3. The number of sulfonamides is 1. The van der Waals surface area contributed by atoms with Crippen LogP contribution in [0.3, 0.4) is 0 Å². The Morgan fingerprint density at radius 3 is 2.34 bits per heavy atom. The van der Waals surface area contributed by atoms with Crippen LogP contribution in [0.4, 0.5) is 5.69 Å². The van der Waals surface area contributed by atoms with E-state index in [1.165, 1.54) is 18.2 Å². The highest BCUT2D eigenvalue weighted by atomic mass is 32.2. The first-order valence-corrected chi connectivity index (χ1v) is 12.7. The second kappa shape index (κ2) is 9.81. The summed E-state index contributed by atoms with van der Waals surface area (Å²) in [5.74, 6) is -1.77. The first-order chi connectivity index (χ1) is 16.7. The topological polar surface area (TPSA) is 113 Å². The van der Waals surface area contributed by atoms with Crippen LogP contribution in [0.5, 0.6) is 0 Å². The van der Waals surface area contributed by atoms with Crippen LogP contribution >= 0.6 is 0 Å². The summed E-state index contributed by atoms with van der Waals surface area (Å²) < 4.78 is 26.9. The van der Waals surface area contributed by atoms with Crippen LogP contribution in [0.15, 0.2) is 66.7 Å². The summed E-state index contributed by atoms with van der Waals surface area (Å²) in [5, 5.41) is 2.56. The zero-order valence-electron chi connectivity index (χ0n) is 19.4. The van der Waals surface area contributed by atoms with Gasteiger partial charge in [-0.25, -0.2) is 18.0 Å². The smallest absolute Gasteiger partial charge is 0.266 e. The molecular formula is C26H25N3O5S. The van der Waals surface area contributed by atoms with Crippen molar-refractivity contribution in [2.24, 2.45) is 0 Å². The predicted molar refractivity (Wildman–Crippen MR) is 133 cm³/mol. The van der Waals surface area contributed by atoms with Crippen molar-refractivity contribution in [1.82, 2.24) is 10.0 Å². The Morgan fingerprint density at radius 1 is 0.886 bits per heavy atom. The molecule has 3 aromatic rings. The van der Waals surface area contributed by atoms with E-state index in [0.717, 1.165) is 21.6 Å². The molecule has 0 bridgehead atoms. The lowest BCUT2D eigenvalue weighted by Gasteiger charge is -2.17. The molecule has 0 aliphatic carbocycles. The van der Waals surface area contributed by atoms with E-state index in [0.29, 0.717) is 5.69 Å². The van der Waals surface area contributed by atoms with Crippen LogP contribution in [0, 0.1) is 13.8 Å². The van der Waals surface area contributed by atoms with Crippen molar-refractivity contribution in [3.63, 3.8) is 0 Å². The molecule has 0 aromatic heterocycles. The number of hydrogen-bond acceptors (Lipinski definition) is 5. The summed E-state index contributed by atoms with van der Waals surface area (Å²) in [7, 11) is -3.60. The minimum atomic E-state index is -3.60. The molecule has 4 rings (SSSR count). The molecule has 0 atom stereocenters. The van der Waals surface area contributed by atoms with Gasteiger partial charge in [-0.15, -0.1) is 0 Å². The van der Waals surface area contributed by atoms with E-state index >= 15 is 0 Å². The molecule has 0 saturated heterocycles. The molecule has 0 unspecified atom stereocenters. The normalized spacial score (nSPS) is 13.1. The third-order valence-corrected chi connectivity index (χ3v) is 7.08. The third-order valence-electron chi connectivity index (χ3n) is 5.75. The Morgan fingerprint density at radius 2 is 1.60 bits per heavy atom. The van der Waals surface area contributed by atoms with Gasteiger partial charge in [-0.05, 0) is 54.8 Å². The van der Waals surface area contributed by atoms with E-state index in [9.17, 15) is 22.8 Å². The van der Waals surface area contributed by atoms with Crippen molar-refractivity contribution in [3.05, 3.63) is 100 Å². The zero-order valence-corrected chi connectivity index (χ0v) is 20.2. The predicted octanol–water partition coefficient (Wildman–Crippen LogP) is 2.95. The van der Waals surface area contributed by atoms with Gasteiger partial charge in [-0.2, -0.15) is 0 Å². The number of anilines is 1. The number of benzene rings is 3. The van der Waals surface area contributed by atoms with Crippen molar-refractivity contribution >= 4 is 33.4 Å². The van der Waals surface area contributed by atoms with E-state index in [1.54, 1.807) is 6.07 Å². The average molecular weight is 492 g/mol. The molecule has 1 heterocycles. The molecule has 2 N–H and O–H groups in total. The first-order valence-electron chi connectivity index (χ1n) is 11.1. The monoisotopic (exact) mass is 491 g/mol. The summed E-state index contributed by atoms with van der Waals surface area (Å²) >= 11 is 0. The highest BCUT2D eigenvalue weighted by Crippen LogP contribution is 2.31. The van der Waals surface area contributed by atoms with Gasteiger partial charge < -0.3 is 5.32 Å². The molecule has 3 aromatic carbocycles. The molecule has 9 heteroatoms. The molecule has 3 amide bonds. The van der Waals surface area contributed by atoms with E-state index in [2.05, 4.69) is 10.0 Å². The molecule has 8 nitrogen and oxygen atoms in total. The van der Waals surface area contributed by atoms with E-state index < -0.39 is 27.7 Å². The Kier molecular flexibility index (Phi) is 6.81. The number of amides is 3. The number of carbonyl (C=O) groups excluding carboxylic acids is 3. The maximum atomic E-state index is 13.1. The van der Waals surface area contributed by atoms with Crippen LogP contribution in [0.1, 0.15) is 47.8 Å². The number of hydrogen-bond donors (Lipinski definition) is 2. The van der Waals surface area contributed by atoms with Crippen LogP contribution < -0.4 is 14.9 Å². The third kappa shape index (κ3) is 5.31. The van der Waals surface area contributed by atoms with Gasteiger partial charge in [-0.3, -0.25) is 14.4 Å². The Balaban J connectivity index is 1.40. The molecule has 35 heavy (non-hydrogen) atoms. The quantitative estimate of drug-likeness (QED) is 0.471. The Hall–Kier alpha value is -3.82. The van der Waals surface area contributed by atoms with E-state index in [-0.39, 0.29) is 35.5 Å². The van der Waals surface area contributed by atoms with Crippen LogP contribution in [0.2, 0.25) is 0 Å². The molecule has 0 saturated carbocycles. The highest BCUT2D eigenvalue weighted by molar-refractivity contribution is 7.89. The van der Waals surface area contributed by atoms with Gasteiger partial charge in [0.05, 0.1) is 22.6 Å². The summed E-state index contributed by atoms with van der Waals surface area (Å²) in [5.41, 5.74) is 3.56. The minimum Gasteiger partial charge on any atom is -0.351 e. The number of aryl methyl sites for hydroxylation is 2. The van der Waals surface area contributed by atoms with Gasteiger partial charge >= 0.3 is 0 Å². The summed E-state index contributed by atoms with van der Waals surface area (Å²) in [6.07, 6.45) is 0. The average Bonchev–Trinajstić information content (AvgIpc) is 3.09. The number of imide groups is 1. The van der Waals surface area contributed by atoms with Gasteiger partial charge in [0.15, 0.2) is 0 Å². The lowest BCUT2D eigenvalue weighted by Crippen LogP contribution is -2.34. The van der Waals surface area contributed by atoms with Crippen LogP contribution in [-0.2, 0) is 16.6 Å². The maximum absolute atomic E-state index is 13.1. The Bertz CT molecular complexity index is 1420. The number of fused-ring (bicyclic) bond motifs is 1. The Labute approximate surface area is 204 Å². The SMILES string of the molecule is Cc1ccc(C)c(N2C(=O)c3ccc(C(=O)NCCS(=O)(=O)NCc4ccccc4)cc3C2=O)c1. The van der Waals surface area contributed by atoms with Gasteiger partial charge in [0.2, 0.25) is 10.0 Å². The number of carbonyl (C=O) groups is 3. The molecular weight excluding hydrogens is 466 g/mol. The summed E-state index contributed by atoms with van der Waals surface area (Å²) in [4.78, 5) is 39.7. The van der Waals surface area contributed by atoms with E-state index in [1.807, 2.05) is 56.3 Å². The van der Waals surface area contributed by atoms with Crippen molar-refractivity contribution in [1.29, 1.82) is 0 Å². The maximum Gasteiger partial charge on any atom is 0.266 e. The van der Waals surface area contributed by atoms with Crippen LogP contribution in [0.25, 0.3) is 0 Å². The fourth-order valence-corrected chi connectivity index (χ4v) is 4.73. The second-order valence-corrected chi connectivity index (χ2v) is 10.3. The lowest BCUT2D eigenvalue weighted by atomic mass is 10.1. The molecule has 180 valence electrons. The van der Waals surface area contributed by atoms with Gasteiger partial charge in [0.25, 0.3) is 17.7 Å². The van der Waals surface area contributed by atoms with E-state index in [4.69, 9.17) is 0 Å².